The van der Waals surface area contributed by atoms with Gasteiger partial charge in [-0.15, -0.1) is 0 Å². The monoisotopic (exact) mass is 251 g/mol. The van der Waals surface area contributed by atoms with Crippen LogP contribution in [-0.2, 0) is 6.54 Å². The van der Waals surface area contributed by atoms with Gasteiger partial charge in [0.1, 0.15) is 5.82 Å². The van der Waals surface area contributed by atoms with E-state index in [4.69, 9.17) is 0 Å². The molecule has 0 amide bonds. The van der Waals surface area contributed by atoms with Crippen LogP contribution in [0, 0.1) is 5.82 Å². The highest BCUT2D eigenvalue weighted by Gasteiger charge is 2.20. The van der Waals surface area contributed by atoms with Gasteiger partial charge in [0.2, 0.25) is 0 Å². The lowest BCUT2D eigenvalue weighted by Gasteiger charge is -2.34. The third-order valence-electron chi connectivity index (χ3n) is 3.75. The van der Waals surface area contributed by atoms with Crippen molar-refractivity contribution in [2.24, 2.45) is 0 Å². The molecule has 0 bridgehead atoms. The van der Waals surface area contributed by atoms with Gasteiger partial charge in [0.15, 0.2) is 0 Å². The summed E-state index contributed by atoms with van der Waals surface area (Å²) in [6.45, 7) is 1.59. The summed E-state index contributed by atoms with van der Waals surface area (Å²) in [6, 6.07) is 7.32. The predicted octanol–water partition coefficient (Wildman–Crippen LogP) is 2.95. The van der Waals surface area contributed by atoms with Crippen LogP contribution in [0.4, 0.5) is 4.39 Å². The fourth-order valence-electron chi connectivity index (χ4n) is 2.84. The van der Waals surface area contributed by atoms with E-state index in [1.165, 1.54) is 38.2 Å². The van der Waals surface area contributed by atoms with E-state index >= 15 is 0 Å². The van der Waals surface area contributed by atoms with Crippen LogP contribution in [0.2, 0.25) is 0 Å². The summed E-state index contributed by atoms with van der Waals surface area (Å²) in [5.41, 5.74) is 0.994. The number of nitrogens with zero attached hydrogens (tertiary/aromatic N) is 1. The van der Waals surface area contributed by atoms with Crippen molar-refractivity contribution < 1.29 is 9.50 Å². The number of rotatable bonds is 5. The zero-order valence-corrected chi connectivity index (χ0v) is 10.8. The second kappa shape index (κ2) is 6.86. The van der Waals surface area contributed by atoms with Crippen LogP contribution < -0.4 is 0 Å². The van der Waals surface area contributed by atoms with Gasteiger partial charge in [-0.05, 0) is 30.5 Å². The van der Waals surface area contributed by atoms with Crippen LogP contribution in [0.5, 0.6) is 0 Å². The van der Waals surface area contributed by atoms with Crippen molar-refractivity contribution in [3.05, 3.63) is 35.6 Å². The molecule has 2 nitrogen and oxygen atoms in total. The minimum Gasteiger partial charge on any atom is -0.395 e. The Kier molecular flexibility index (Phi) is 5.14. The zero-order valence-electron chi connectivity index (χ0n) is 10.8. The van der Waals surface area contributed by atoms with Gasteiger partial charge in [-0.3, -0.25) is 4.90 Å². The Bertz CT molecular complexity index is 363. The third kappa shape index (κ3) is 3.79. The first kappa shape index (κ1) is 13.5. The van der Waals surface area contributed by atoms with Crippen LogP contribution in [0.25, 0.3) is 0 Å². The summed E-state index contributed by atoms with van der Waals surface area (Å²) in [4.78, 5) is 2.30. The average Bonchev–Trinajstić information content (AvgIpc) is 2.39. The Morgan fingerprint density at radius 3 is 2.67 bits per heavy atom. The van der Waals surface area contributed by atoms with Gasteiger partial charge >= 0.3 is 0 Å². The number of hydrogen-bond acceptors (Lipinski definition) is 2. The smallest absolute Gasteiger partial charge is 0.123 e. The number of aliphatic hydroxyl groups is 1. The topological polar surface area (TPSA) is 23.5 Å². The van der Waals surface area contributed by atoms with Crippen LogP contribution in [-0.4, -0.2) is 29.2 Å². The highest BCUT2D eigenvalue weighted by molar-refractivity contribution is 5.16. The normalized spacial score (nSPS) is 17.3. The summed E-state index contributed by atoms with van der Waals surface area (Å²) in [7, 11) is 0. The maximum absolute atomic E-state index is 13.2. The van der Waals surface area contributed by atoms with Crippen molar-refractivity contribution in [1.29, 1.82) is 0 Å². The fourth-order valence-corrected chi connectivity index (χ4v) is 2.84. The van der Waals surface area contributed by atoms with Crippen molar-refractivity contribution in [1.82, 2.24) is 4.90 Å². The largest absolute Gasteiger partial charge is 0.395 e. The molecule has 0 unspecified atom stereocenters. The van der Waals surface area contributed by atoms with Gasteiger partial charge in [-0.25, -0.2) is 4.39 Å². The van der Waals surface area contributed by atoms with Gasteiger partial charge in [0, 0.05) is 19.1 Å². The van der Waals surface area contributed by atoms with E-state index in [1.807, 2.05) is 6.07 Å². The molecular weight excluding hydrogens is 229 g/mol. The summed E-state index contributed by atoms with van der Waals surface area (Å²) in [5.74, 6) is -0.180. The molecule has 0 heterocycles. The summed E-state index contributed by atoms with van der Waals surface area (Å²) in [6.07, 6.45) is 6.28. The average molecular weight is 251 g/mol. The third-order valence-corrected chi connectivity index (χ3v) is 3.75. The molecule has 3 heteroatoms. The van der Waals surface area contributed by atoms with Gasteiger partial charge in [0.05, 0.1) is 6.61 Å². The lowest BCUT2D eigenvalue weighted by atomic mass is 9.94. The molecule has 0 aromatic heterocycles. The molecule has 1 saturated carbocycles. The molecule has 100 valence electrons. The second-order valence-corrected chi connectivity index (χ2v) is 5.12. The molecule has 1 aromatic rings. The first-order chi connectivity index (χ1) is 8.79. The molecule has 0 saturated heterocycles. The van der Waals surface area contributed by atoms with E-state index < -0.39 is 0 Å². The Morgan fingerprint density at radius 1 is 1.22 bits per heavy atom. The standard InChI is InChI=1S/C15H22FNO/c16-14-6-4-5-13(11-14)12-17(9-10-18)15-7-2-1-3-8-15/h4-6,11,15,18H,1-3,7-10,12H2. The number of aliphatic hydroxyl groups excluding tert-OH is 1. The van der Waals surface area contributed by atoms with Gasteiger partial charge in [0.25, 0.3) is 0 Å². The van der Waals surface area contributed by atoms with E-state index in [1.54, 1.807) is 12.1 Å². The summed E-state index contributed by atoms with van der Waals surface area (Å²) >= 11 is 0. The SMILES string of the molecule is OCCN(Cc1cccc(F)c1)C1CCCCC1. The van der Waals surface area contributed by atoms with Crippen molar-refractivity contribution in [3.8, 4) is 0 Å². The molecule has 0 radical (unpaired) electrons. The predicted molar refractivity (Wildman–Crippen MR) is 70.8 cm³/mol. The van der Waals surface area contributed by atoms with Crippen molar-refractivity contribution >= 4 is 0 Å². The Morgan fingerprint density at radius 2 is 2.00 bits per heavy atom. The maximum Gasteiger partial charge on any atom is 0.123 e. The van der Waals surface area contributed by atoms with Crippen molar-refractivity contribution in [2.45, 2.75) is 44.7 Å². The van der Waals surface area contributed by atoms with Crippen LogP contribution >= 0.6 is 0 Å². The molecule has 2 rings (SSSR count). The summed E-state index contributed by atoms with van der Waals surface area (Å²) in [5, 5.41) is 9.18. The van der Waals surface area contributed by atoms with Crippen LogP contribution in [0.3, 0.4) is 0 Å². The van der Waals surface area contributed by atoms with E-state index in [0.29, 0.717) is 12.6 Å². The van der Waals surface area contributed by atoms with E-state index in [2.05, 4.69) is 4.90 Å². The first-order valence-corrected chi connectivity index (χ1v) is 6.89. The lowest BCUT2D eigenvalue weighted by Crippen LogP contribution is -2.38. The van der Waals surface area contributed by atoms with Gasteiger partial charge < -0.3 is 5.11 Å². The van der Waals surface area contributed by atoms with Crippen LogP contribution in [0.1, 0.15) is 37.7 Å². The minimum atomic E-state index is -0.180. The minimum absolute atomic E-state index is 0.172. The molecule has 1 aliphatic carbocycles. The highest BCUT2D eigenvalue weighted by atomic mass is 19.1. The highest BCUT2D eigenvalue weighted by Crippen LogP contribution is 2.23. The molecule has 1 aliphatic rings. The molecule has 0 spiro atoms. The maximum atomic E-state index is 13.2. The van der Waals surface area contributed by atoms with Gasteiger partial charge in [-0.1, -0.05) is 31.4 Å². The van der Waals surface area contributed by atoms with Crippen molar-refractivity contribution in [2.75, 3.05) is 13.2 Å². The zero-order chi connectivity index (χ0) is 12.8. The van der Waals surface area contributed by atoms with E-state index in [-0.39, 0.29) is 12.4 Å². The van der Waals surface area contributed by atoms with E-state index in [9.17, 15) is 9.50 Å². The Hall–Kier alpha value is -0.930. The number of halogens is 1. The molecule has 1 fully saturated rings. The number of hydrogen-bond donors (Lipinski definition) is 1. The van der Waals surface area contributed by atoms with Crippen molar-refractivity contribution in [3.63, 3.8) is 0 Å². The summed E-state index contributed by atoms with van der Waals surface area (Å²) < 4.78 is 13.2. The molecule has 1 aromatic carbocycles. The molecule has 0 atom stereocenters. The van der Waals surface area contributed by atoms with Gasteiger partial charge in [-0.2, -0.15) is 0 Å². The van der Waals surface area contributed by atoms with Crippen LogP contribution in [0.15, 0.2) is 24.3 Å². The Labute approximate surface area is 108 Å². The van der Waals surface area contributed by atoms with E-state index in [0.717, 1.165) is 12.1 Å². The molecule has 18 heavy (non-hydrogen) atoms. The molecular formula is C15H22FNO. The first-order valence-electron chi connectivity index (χ1n) is 6.89. The quantitative estimate of drug-likeness (QED) is 0.869. The molecule has 1 N–H and O–H groups in total. The lowest BCUT2D eigenvalue weighted by molar-refractivity contribution is 0.117. The number of benzene rings is 1. The second-order valence-electron chi connectivity index (χ2n) is 5.12. The fraction of sp³-hybridized carbons (Fsp3) is 0.600. The Balaban J connectivity index is 2.00. The molecule has 0 aliphatic heterocycles.